The lowest BCUT2D eigenvalue weighted by Crippen LogP contribution is -1.86. The molecule has 0 atom stereocenters. The van der Waals surface area contributed by atoms with E-state index in [1.807, 2.05) is 0 Å². The van der Waals surface area contributed by atoms with Crippen molar-refractivity contribution < 1.29 is 4.42 Å². The first-order valence-corrected chi connectivity index (χ1v) is 11.9. The van der Waals surface area contributed by atoms with Crippen LogP contribution in [0.5, 0.6) is 0 Å². The third kappa shape index (κ3) is 10.0. The number of hydrogen-bond acceptors (Lipinski definition) is 1. The molecule has 0 bridgehead atoms. The van der Waals surface area contributed by atoms with Gasteiger partial charge in [0, 0.05) is 5.39 Å². The molecule has 0 saturated heterocycles. The molecule has 0 aliphatic heterocycles. The Hall–Kier alpha value is -1.24. The molecule has 0 aliphatic carbocycles. The highest BCUT2D eigenvalue weighted by atomic mass is 16.3. The second kappa shape index (κ2) is 14.8. The summed E-state index contributed by atoms with van der Waals surface area (Å²) in [6, 6.07) is 8.67. The molecular formula is C26H42O. The van der Waals surface area contributed by atoms with Gasteiger partial charge >= 0.3 is 0 Å². The Bertz CT molecular complexity index is 583. The summed E-state index contributed by atoms with van der Waals surface area (Å²) in [5.74, 6) is 0. The largest absolute Gasteiger partial charge is 0.464 e. The van der Waals surface area contributed by atoms with E-state index in [-0.39, 0.29) is 0 Å². The van der Waals surface area contributed by atoms with Gasteiger partial charge in [-0.25, -0.2) is 0 Å². The van der Waals surface area contributed by atoms with E-state index < -0.39 is 0 Å². The van der Waals surface area contributed by atoms with Gasteiger partial charge in [0.15, 0.2) is 0 Å². The number of hydrogen-bond donors (Lipinski definition) is 0. The third-order valence-electron chi connectivity index (χ3n) is 5.84. The van der Waals surface area contributed by atoms with Crippen molar-refractivity contribution in [2.24, 2.45) is 0 Å². The molecule has 0 aliphatic rings. The molecule has 0 spiro atoms. The van der Waals surface area contributed by atoms with E-state index in [9.17, 15) is 0 Å². The fraction of sp³-hybridized carbons (Fsp3) is 0.692. The summed E-state index contributed by atoms with van der Waals surface area (Å²) in [7, 11) is 0. The average molecular weight is 371 g/mol. The van der Waals surface area contributed by atoms with E-state index >= 15 is 0 Å². The predicted octanol–water partition coefficient (Wildman–Crippen LogP) is 9.24. The summed E-state index contributed by atoms with van der Waals surface area (Å²) in [5, 5.41) is 1.24. The molecule has 1 aromatic heterocycles. The van der Waals surface area contributed by atoms with E-state index in [0.29, 0.717) is 0 Å². The molecular weight excluding hydrogens is 328 g/mol. The minimum absolute atomic E-state index is 1.01. The highest BCUT2D eigenvalue weighted by Gasteiger charge is 1.99. The zero-order valence-corrected chi connectivity index (χ0v) is 17.8. The summed E-state index contributed by atoms with van der Waals surface area (Å²) < 4.78 is 5.41. The van der Waals surface area contributed by atoms with E-state index in [4.69, 9.17) is 4.42 Å². The van der Waals surface area contributed by atoms with E-state index in [1.165, 1.54) is 120 Å². The molecule has 0 amide bonds. The molecule has 1 heterocycles. The molecule has 1 nitrogen and oxygen atoms in total. The molecule has 2 aromatic rings. The van der Waals surface area contributed by atoms with Crippen LogP contribution < -0.4 is 0 Å². The maximum absolute atomic E-state index is 5.41. The third-order valence-corrected chi connectivity index (χ3v) is 5.84. The van der Waals surface area contributed by atoms with E-state index in [0.717, 1.165) is 5.58 Å². The molecule has 1 aromatic carbocycles. The number of aryl methyl sites for hydroxylation is 1. The van der Waals surface area contributed by atoms with Crippen LogP contribution in [0.3, 0.4) is 0 Å². The molecule has 0 fully saturated rings. The van der Waals surface area contributed by atoms with Gasteiger partial charge in [0.05, 0.1) is 6.26 Å². The fourth-order valence-corrected chi connectivity index (χ4v) is 4.05. The average Bonchev–Trinajstić information content (AvgIpc) is 3.15. The first-order valence-electron chi connectivity index (χ1n) is 11.9. The van der Waals surface area contributed by atoms with E-state index in [2.05, 4.69) is 31.2 Å². The summed E-state index contributed by atoms with van der Waals surface area (Å²) in [5.41, 5.74) is 2.46. The van der Waals surface area contributed by atoms with Crippen LogP contribution in [0.15, 0.2) is 34.9 Å². The number of unbranched alkanes of at least 4 members (excludes halogenated alkanes) is 15. The Morgan fingerprint density at radius 3 is 1.67 bits per heavy atom. The van der Waals surface area contributed by atoms with Gasteiger partial charge in [-0.2, -0.15) is 0 Å². The predicted molar refractivity (Wildman–Crippen MR) is 119 cm³/mol. The van der Waals surface area contributed by atoms with Gasteiger partial charge in [-0.3, -0.25) is 0 Å². The van der Waals surface area contributed by atoms with Crippen LogP contribution in [-0.2, 0) is 6.42 Å². The van der Waals surface area contributed by atoms with Crippen molar-refractivity contribution >= 4 is 11.0 Å². The first kappa shape index (κ1) is 22.1. The van der Waals surface area contributed by atoms with Gasteiger partial charge < -0.3 is 4.42 Å². The van der Waals surface area contributed by atoms with Crippen LogP contribution >= 0.6 is 0 Å². The number of benzene rings is 1. The SMILES string of the molecule is CCCCCCCCCCCCCCCCCCc1ccc2occc2c1. The van der Waals surface area contributed by atoms with Gasteiger partial charge in [-0.15, -0.1) is 0 Å². The van der Waals surface area contributed by atoms with Gasteiger partial charge in [0.25, 0.3) is 0 Å². The maximum Gasteiger partial charge on any atom is 0.133 e. The molecule has 27 heavy (non-hydrogen) atoms. The normalized spacial score (nSPS) is 11.4. The van der Waals surface area contributed by atoms with Gasteiger partial charge in [0.2, 0.25) is 0 Å². The van der Waals surface area contributed by atoms with Crippen LogP contribution in [0.4, 0.5) is 0 Å². The Morgan fingerprint density at radius 2 is 1.11 bits per heavy atom. The Morgan fingerprint density at radius 1 is 0.593 bits per heavy atom. The van der Waals surface area contributed by atoms with Crippen LogP contribution in [0.1, 0.15) is 115 Å². The monoisotopic (exact) mass is 370 g/mol. The Kier molecular flexibility index (Phi) is 12.1. The first-order chi connectivity index (χ1) is 13.4. The smallest absolute Gasteiger partial charge is 0.133 e. The standard InChI is InChI=1S/C26H42O/c1-2-3-4-5-6-7-8-9-10-11-12-13-14-15-16-17-18-24-19-20-26-25(23-24)21-22-27-26/h19-23H,2-18H2,1H3. The lowest BCUT2D eigenvalue weighted by atomic mass is 10.0. The number of furan rings is 1. The summed E-state index contributed by atoms with van der Waals surface area (Å²) >= 11 is 0. The molecule has 152 valence electrons. The molecule has 0 saturated carbocycles. The van der Waals surface area contributed by atoms with Crippen molar-refractivity contribution in [3.05, 3.63) is 36.1 Å². The zero-order valence-electron chi connectivity index (χ0n) is 17.8. The van der Waals surface area contributed by atoms with Gasteiger partial charge in [-0.1, -0.05) is 109 Å². The number of rotatable bonds is 17. The summed E-state index contributed by atoms with van der Waals surface area (Å²) in [6.07, 6.45) is 25.9. The molecule has 1 heteroatoms. The maximum atomic E-state index is 5.41. The topological polar surface area (TPSA) is 13.1 Å². The van der Waals surface area contributed by atoms with Crippen molar-refractivity contribution in [2.45, 2.75) is 116 Å². The molecule has 0 unspecified atom stereocenters. The molecule has 0 N–H and O–H groups in total. The van der Waals surface area contributed by atoms with Gasteiger partial charge in [-0.05, 0) is 36.6 Å². The minimum Gasteiger partial charge on any atom is -0.464 e. The highest BCUT2D eigenvalue weighted by molar-refractivity contribution is 5.77. The molecule has 2 rings (SSSR count). The second-order valence-corrected chi connectivity index (χ2v) is 8.35. The van der Waals surface area contributed by atoms with Crippen molar-refractivity contribution in [2.75, 3.05) is 0 Å². The van der Waals surface area contributed by atoms with Crippen molar-refractivity contribution in [3.63, 3.8) is 0 Å². The lowest BCUT2D eigenvalue weighted by Gasteiger charge is -2.04. The Labute approximate surface area is 167 Å². The van der Waals surface area contributed by atoms with Crippen LogP contribution in [0.25, 0.3) is 11.0 Å². The van der Waals surface area contributed by atoms with Crippen LogP contribution in [0.2, 0.25) is 0 Å². The van der Waals surface area contributed by atoms with Crippen molar-refractivity contribution in [1.82, 2.24) is 0 Å². The van der Waals surface area contributed by atoms with Crippen molar-refractivity contribution in [3.8, 4) is 0 Å². The van der Waals surface area contributed by atoms with Crippen molar-refractivity contribution in [1.29, 1.82) is 0 Å². The highest BCUT2D eigenvalue weighted by Crippen LogP contribution is 2.19. The molecule has 0 radical (unpaired) electrons. The zero-order chi connectivity index (χ0) is 19.0. The lowest BCUT2D eigenvalue weighted by molar-refractivity contribution is 0.529. The Balaban J connectivity index is 1.32. The van der Waals surface area contributed by atoms with Crippen LogP contribution in [-0.4, -0.2) is 0 Å². The summed E-state index contributed by atoms with van der Waals surface area (Å²) in [4.78, 5) is 0. The quantitative estimate of drug-likeness (QED) is 0.253. The number of fused-ring (bicyclic) bond motifs is 1. The van der Waals surface area contributed by atoms with E-state index in [1.54, 1.807) is 6.26 Å². The van der Waals surface area contributed by atoms with Crippen LogP contribution in [0, 0.1) is 0 Å². The fourth-order valence-electron chi connectivity index (χ4n) is 4.05. The minimum atomic E-state index is 1.01. The summed E-state index contributed by atoms with van der Waals surface area (Å²) in [6.45, 7) is 2.29. The van der Waals surface area contributed by atoms with Gasteiger partial charge in [0.1, 0.15) is 5.58 Å². The second-order valence-electron chi connectivity index (χ2n) is 8.35.